The van der Waals surface area contributed by atoms with Crippen molar-refractivity contribution in [3.8, 4) is 0 Å². The average molecular weight is 682 g/mol. The lowest BCUT2D eigenvalue weighted by Crippen LogP contribution is -2.55. The van der Waals surface area contributed by atoms with E-state index in [9.17, 15) is 24.0 Å². The minimum Gasteiger partial charge on any atom is -0.378 e. The predicted octanol–water partition coefficient (Wildman–Crippen LogP) is 3.24. The number of nitrogens with zero attached hydrogens (tertiary/aromatic N) is 1. The van der Waals surface area contributed by atoms with Crippen molar-refractivity contribution in [2.24, 2.45) is 11.8 Å². The van der Waals surface area contributed by atoms with Crippen molar-refractivity contribution in [3.05, 3.63) is 41.1 Å². The standard InChI is InChI=1S/C35H52BN5O6S/c1-22(2)31(33(45)38-21-29(43)39-27-11-9-25(20-36)10-12-27)40-34(46)35(5,48)15-18-47-24(4)13-16-37-28(42)14-17-41-30(44)19-23(3)32(41)26-7-6-8-26/h9-12,22-24,31,48H,6-8,13-21H2,1-5H3,(H,37,42)(H,38,45)(H,39,43)(H,40,46). The van der Waals surface area contributed by atoms with E-state index in [0.717, 1.165) is 24.1 Å². The second-order valence-corrected chi connectivity index (χ2v) is 14.4. The fourth-order valence-corrected chi connectivity index (χ4v) is 5.83. The van der Waals surface area contributed by atoms with Crippen LogP contribution in [0.25, 0.3) is 0 Å². The SMILES string of the molecule is [B]Cc1ccc(NC(=O)CNC(=O)C(NC(=O)C(C)(S)CCOC(C)CCNC(=O)CCN2C(=O)CC(C)C2=C2CCC2)C(C)C)cc1. The van der Waals surface area contributed by atoms with Crippen LogP contribution in [0.1, 0.15) is 85.1 Å². The van der Waals surface area contributed by atoms with Gasteiger partial charge in [0.2, 0.25) is 29.5 Å². The van der Waals surface area contributed by atoms with Crippen LogP contribution in [0.2, 0.25) is 0 Å². The molecule has 11 nitrogen and oxygen atoms in total. The highest BCUT2D eigenvalue weighted by molar-refractivity contribution is 7.82. The van der Waals surface area contributed by atoms with Crippen LogP contribution in [0.4, 0.5) is 5.69 Å². The highest BCUT2D eigenvalue weighted by Crippen LogP contribution is 2.39. The summed E-state index contributed by atoms with van der Waals surface area (Å²) in [6.45, 7) is 10.1. The van der Waals surface area contributed by atoms with E-state index in [1.165, 1.54) is 12.0 Å². The zero-order chi connectivity index (χ0) is 35.4. The van der Waals surface area contributed by atoms with Crippen molar-refractivity contribution < 1.29 is 28.7 Å². The maximum absolute atomic E-state index is 13.1. The molecule has 2 aliphatic rings. The molecule has 1 saturated heterocycles. The monoisotopic (exact) mass is 681 g/mol. The summed E-state index contributed by atoms with van der Waals surface area (Å²) in [7, 11) is 5.60. The Bertz CT molecular complexity index is 1330. The van der Waals surface area contributed by atoms with Gasteiger partial charge in [0.25, 0.3) is 0 Å². The van der Waals surface area contributed by atoms with Gasteiger partial charge < -0.3 is 30.9 Å². The molecule has 1 aromatic rings. The van der Waals surface area contributed by atoms with Gasteiger partial charge in [0.05, 0.1) is 25.2 Å². The van der Waals surface area contributed by atoms with Gasteiger partial charge in [0.15, 0.2) is 0 Å². The summed E-state index contributed by atoms with van der Waals surface area (Å²) >= 11 is 4.56. The van der Waals surface area contributed by atoms with Crippen molar-refractivity contribution in [2.45, 2.75) is 103 Å². The Labute approximate surface area is 292 Å². The molecule has 4 unspecified atom stereocenters. The second kappa shape index (κ2) is 18.4. The van der Waals surface area contributed by atoms with Crippen molar-refractivity contribution in [1.82, 2.24) is 20.9 Å². The Hall–Kier alpha value is -3.32. The molecule has 2 radical (unpaired) electrons. The predicted molar refractivity (Wildman–Crippen MR) is 190 cm³/mol. The highest BCUT2D eigenvalue weighted by atomic mass is 32.1. The number of likely N-dealkylation sites (tertiary alicyclic amines) is 1. The zero-order valence-electron chi connectivity index (χ0n) is 29.0. The fourth-order valence-electron chi connectivity index (χ4n) is 5.67. The molecule has 1 aliphatic heterocycles. The number of allylic oxidation sites excluding steroid dienone is 2. The summed E-state index contributed by atoms with van der Waals surface area (Å²) in [5.74, 6) is -1.30. The summed E-state index contributed by atoms with van der Waals surface area (Å²) < 4.78 is 4.78. The molecule has 262 valence electrons. The van der Waals surface area contributed by atoms with Crippen molar-refractivity contribution in [3.63, 3.8) is 0 Å². The number of thiol groups is 1. The molecule has 13 heteroatoms. The number of carbonyl (C=O) groups is 5. The molecule has 1 heterocycles. The first-order chi connectivity index (χ1) is 22.7. The lowest BCUT2D eigenvalue weighted by molar-refractivity contribution is -0.131. The molecule has 0 bridgehead atoms. The molecule has 3 rings (SSSR count). The van der Waals surface area contributed by atoms with Crippen LogP contribution in [-0.4, -0.2) is 85.4 Å². The van der Waals surface area contributed by atoms with Gasteiger partial charge in [0, 0.05) is 49.8 Å². The fraction of sp³-hybridized carbons (Fsp3) is 0.629. The van der Waals surface area contributed by atoms with E-state index in [2.05, 4.69) is 40.8 Å². The van der Waals surface area contributed by atoms with Crippen LogP contribution >= 0.6 is 12.6 Å². The Morgan fingerprint density at radius 3 is 2.38 bits per heavy atom. The molecule has 1 aromatic carbocycles. The van der Waals surface area contributed by atoms with Gasteiger partial charge in [-0.2, -0.15) is 12.6 Å². The van der Waals surface area contributed by atoms with Gasteiger partial charge in [-0.05, 0) is 64.0 Å². The average Bonchev–Trinajstić information content (AvgIpc) is 3.28. The molecule has 0 aromatic heterocycles. The number of amides is 5. The van der Waals surface area contributed by atoms with E-state index in [4.69, 9.17) is 12.6 Å². The Morgan fingerprint density at radius 2 is 1.77 bits per heavy atom. The third-order valence-corrected chi connectivity index (χ3v) is 9.33. The van der Waals surface area contributed by atoms with Gasteiger partial charge in [-0.15, -0.1) is 0 Å². The second-order valence-electron chi connectivity index (χ2n) is 13.4. The number of rotatable bonds is 18. The topological polar surface area (TPSA) is 146 Å². The van der Waals surface area contributed by atoms with Crippen molar-refractivity contribution in [2.75, 3.05) is 31.6 Å². The van der Waals surface area contributed by atoms with Crippen LogP contribution in [0.3, 0.4) is 0 Å². The third-order valence-electron chi connectivity index (χ3n) is 8.91. The molecule has 5 amide bonds. The Morgan fingerprint density at radius 1 is 1.08 bits per heavy atom. The van der Waals surface area contributed by atoms with E-state index in [-0.39, 0.29) is 55.7 Å². The lowest BCUT2D eigenvalue weighted by Gasteiger charge is -2.28. The first kappa shape index (κ1) is 39.1. The molecule has 2 fully saturated rings. The van der Waals surface area contributed by atoms with E-state index in [1.54, 1.807) is 32.9 Å². The van der Waals surface area contributed by atoms with E-state index in [1.807, 2.05) is 24.0 Å². The first-order valence-electron chi connectivity index (χ1n) is 17.0. The lowest BCUT2D eigenvalue weighted by atomic mass is 9.87. The summed E-state index contributed by atoms with van der Waals surface area (Å²) in [5, 5.41) is 11.0. The van der Waals surface area contributed by atoms with Gasteiger partial charge >= 0.3 is 0 Å². The van der Waals surface area contributed by atoms with E-state index in [0.29, 0.717) is 37.9 Å². The first-order valence-corrected chi connectivity index (χ1v) is 17.5. The molecule has 4 N–H and O–H groups in total. The summed E-state index contributed by atoms with van der Waals surface area (Å²) in [4.78, 5) is 65.2. The number of carbonyl (C=O) groups excluding carboxylic acids is 5. The van der Waals surface area contributed by atoms with Gasteiger partial charge in [0.1, 0.15) is 6.04 Å². The number of ether oxygens (including phenoxy) is 1. The summed E-state index contributed by atoms with van der Waals surface area (Å²) in [6, 6.07) is 6.23. The van der Waals surface area contributed by atoms with Crippen LogP contribution < -0.4 is 21.3 Å². The van der Waals surface area contributed by atoms with Gasteiger partial charge in [-0.3, -0.25) is 24.0 Å². The smallest absolute Gasteiger partial charge is 0.243 e. The molecule has 4 atom stereocenters. The molecular weight excluding hydrogens is 629 g/mol. The molecular formula is C35H52BN5O6S. The molecule has 1 aliphatic carbocycles. The van der Waals surface area contributed by atoms with Crippen molar-refractivity contribution >= 4 is 55.7 Å². The maximum Gasteiger partial charge on any atom is 0.243 e. The van der Waals surface area contributed by atoms with Crippen molar-refractivity contribution in [1.29, 1.82) is 0 Å². The normalized spacial score (nSPS) is 18.5. The number of benzene rings is 1. The van der Waals surface area contributed by atoms with Crippen LogP contribution in [0, 0.1) is 11.8 Å². The minimum atomic E-state index is -1.12. The van der Waals surface area contributed by atoms with Gasteiger partial charge in [-0.1, -0.05) is 50.4 Å². The summed E-state index contributed by atoms with van der Waals surface area (Å²) in [5.41, 5.74) is 4.02. The zero-order valence-corrected chi connectivity index (χ0v) is 29.9. The van der Waals surface area contributed by atoms with Crippen LogP contribution in [0.15, 0.2) is 35.5 Å². The molecule has 48 heavy (non-hydrogen) atoms. The number of nitrogens with one attached hydrogen (secondary N) is 4. The van der Waals surface area contributed by atoms with E-state index >= 15 is 0 Å². The highest BCUT2D eigenvalue weighted by Gasteiger charge is 2.36. The largest absolute Gasteiger partial charge is 0.378 e. The van der Waals surface area contributed by atoms with E-state index < -0.39 is 28.5 Å². The quantitative estimate of drug-likeness (QED) is 0.119. The number of anilines is 1. The number of hydrogen-bond donors (Lipinski definition) is 5. The Balaban J connectivity index is 1.34. The van der Waals surface area contributed by atoms with Crippen LogP contribution in [-0.2, 0) is 35.0 Å². The van der Waals surface area contributed by atoms with Crippen LogP contribution in [0.5, 0.6) is 0 Å². The number of hydrogen-bond acceptors (Lipinski definition) is 7. The third kappa shape index (κ3) is 11.7. The minimum absolute atomic E-state index is 0.102. The summed E-state index contributed by atoms with van der Waals surface area (Å²) in [6.07, 6.45) is 5.14. The van der Waals surface area contributed by atoms with Gasteiger partial charge in [-0.25, -0.2) is 0 Å². The maximum atomic E-state index is 13.1. The molecule has 0 spiro atoms. The molecule has 1 saturated carbocycles. The Kier molecular flexibility index (Phi) is 15.0.